The summed E-state index contributed by atoms with van der Waals surface area (Å²) in [5.74, 6) is 0.504. The number of hydrogen-bond donors (Lipinski definition) is 1. The quantitative estimate of drug-likeness (QED) is 0.790. The van der Waals surface area contributed by atoms with Crippen LogP contribution in [-0.4, -0.2) is 22.8 Å². The second-order valence-electron chi connectivity index (χ2n) is 3.29. The van der Waals surface area contributed by atoms with Gasteiger partial charge in [-0.2, -0.15) is 0 Å². The average Bonchev–Trinajstić information content (AvgIpc) is 2.76. The summed E-state index contributed by atoms with van der Waals surface area (Å²) in [5.41, 5.74) is 7.32. The van der Waals surface area contributed by atoms with E-state index in [-0.39, 0.29) is 6.10 Å². The van der Waals surface area contributed by atoms with Crippen LogP contribution >= 0.6 is 11.3 Å². The highest BCUT2D eigenvalue weighted by Crippen LogP contribution is 2.29. The molecule has 0 amide bonds. The fourth-order valence-electron chi connectivity index (χ4n) is 1.77. The number of rotatable bonds is 3. The van der Waals surface area contributed by atoms with E-state index in [0.717, 1.165) is 6.42 Å². The molecule has 4 nitrogen and oxygen atoms in total. The molecule has 5 heteroatoms. The Morgan fingerprint density at radius 3 is 3.23 bits per heavy atom. The summed E-state index contributed by atoms with van der Waals surface area (Å²) >= 11 is 1.44. The first-order chi connectivity index (χ1) is 6.40. The van der Waals surface area contributed by atoms with Crippen molar-refractivity contribution in [3.63, 3.8) is 0 Å². The van der Waals surface area contributed by atoms with Gasteiger partial charge in [0.25, 0.3) is 5.19 Å². The molecule has 1 saturated carbocycles. The first-order valence-electron chi connectivity index (χ1n) is 4.53. The predicted molar refractivity (Wildman–Crippen MR) is 50.7 cm³/mol. The first kappa shape index (κ1) is 8.90. The van der Waals surface area contributed by atoms with Crippen LogP contribution in [0.3, 0.4) is 0 Å². The minimum absolute atomic E-state index is 0.262. The lowest BCUT2D eigenvalue weighted by Gasteiger charge is -2.17. The van der Waals surface area contributed by atoms with Crippen LogP contribution in [0, 0.1) is 5.92 Å². The molecule has 72 valence electrons. The van der Waals surface area contributed by atoms with Crippen molar-refractivity contribution in [2.75, 3.05) is 6.54 Å². The van der Waals surface area contributed by atoms with E-state index >= 15 is 0 Å². The molecule has 0 aromatic carbocycles. The highest BCUT2D eigenvalue weighted by Gasteiger charge is 2.28. The smallest absolute Gasteiger partial charge is 0.294 e. The molecule has 1 aliphatic carbocycles. The van der Waals surface area contributed by atoms with Crippen LogP contribution in [0.1, 0.15) is 19.3 Å². The zero-order valence-electron chi connectivity index (χ0n) is 7.35. The number of hydrogen-bond acceptors (Lipinski definition) is 5. The third-order valence-electron chi connectivity index (χ3n) is 2.48. The summed E-state index contributed by atoms with van der Waals surface area (Å²) in [6, 6.07) is 0. The molecule has 0 bridgehead atoms. The first-order valence-corrected chi connectivity index (χ1v) is 5.41. The number of nitrogens with zero attached hydrogens (tertiary/aromatic N) is 2. The summed E-state index contributed by atoms with van der Waals surface area (Å²) in [6.45, 7) is 0.712. The van der Waals surface area contributed by atoms with Crippen LogP contribution in [0.4, 0.5) is 0 Å². The Kier molecular flexibility index (Phi) is 2.75. The standard InChI is InChI=1S/C8H13N3OS/c9-4-6-2-1-3-7(6)12-8-11-10-5-13-8/h5-7H,1-4,9H2. The van der Waals surface area contributed by atoms with E-state index in [4.69, 9.17) is 10.5 Å². The molecule has 0 aliphatic heterocycles. The monoisotopic (exact) mass is 199 g/mol. The van der Waals surface area contributed by atoms with Crippen molar-refractivity contribution in [1.82, 2.24) is 10.2 Å². The molecule has 1 fully saturated rings. The van der Waals surface area contributed by atoms with Gasteiger partial charge in [0.2, 0.25) is 0 Å². The van der Waals surface area contributed by atoms with Gasteiger partial charge in [0, 0.05) is 5.92 Å². The molecule has 13 heavy (non-hydrogen) atoms. The van der Waals surface area contributed by atoms with Crippen molar-refractivity contribution < 1.29 is 4.74 Å². The van der Waals surface area contributed by atoms with Crippen molar-refractivity contribution in [3.8, 4) is 5.19 Å². The van der Waals surface area contributed by atoms with Gasteiger partial charge in [-0.25, -0.2) is 0 Å². The van der Waals surface area contributed by atoms with Crippen LogP contribution in [0.15, 0.2) is 5.51 Å². The Bertz CT molecular complexity index is 252. The Morgan fingerprint density at radius 2 is 2.54 bits per heavy atom. The molecule has 1 heterocycles. The van der Waals surface area contributed by atoms with E-state index in [0.29, 0.717) is 17.7 Å². The fraction of sp³-hybridized carbons (Fsp3) is 0.750. The topological polar surface area (TPSA) is 61.0 Å². The Morgan fingerprint density at radius 1 is 1.62 bits per heavy atom. The van der Waals surface area contributed by atoms with Crippen molar-refractivity contribution in [2.45, 2.75) is 25.4 Å². The molecule has 2 N–H and O–H groups in total. The van der Waals surface area contributed by atoms with E-state index < -0.39 is 0 Å². The molecule has 1 aliphatic rings. The van der Waals surface area contributed by atoms with Gasteiger partial charge >= 0.3 is 0 Å². The second-order valence-corrected chi connectivity index (χ2v) is 4.08. The van der Waals surface area contributed by atoms with E-state index in [2.05, 4.69) is 10.2 Å². The Balaban J connectivity index is 1.94. The molecular formula is C8H13N3OS. The maximum Gasteiger partial charge on any atom is 0.294 e. The van der Waals surface area contributed by atoms with Gasteiger partial charge in [-0.3, -0.25) is 0 Å². The summed E-state index contributed by atoms with van der Waals surface area (Å²) in [7, 11) is 0. The highest BCUT2D eigenvalue weighted by atomic mass is 32.1. The summed E-state index contributed by atoms with van der Waals surface area (Å²) in [5, 5.41) is 8.25. The van der Waals surface area contributed by atoms with E-state index in [1.807, 2.05) is 0 Å². The maximum atomic E-state index is 5.68. The lowest BCUT2D eigenvalue weighted by molar-refractivity contribution is 0.160. The molecule has 2 atom stereocenters. The van der Waals surface area contributed by atoms with Gasteiger partial charge in [0.05, 0.1) is 0 Å². The molecule has 0 spiro atoms. The summed E-state index contributed by atoms with van der Waals surface area (Å²) < 4.78 is 5.68. The largest absolute Gasteiger partial charge is 0.465 e. The molecule has 1 aromatic heterocycles. The van der Waals surface area contributed by atoms with Crippen LogP contribution in [0.5, 0.6) is 5.19 Å². The molecule has 2 rings (SSSR count). The van der Waals surface area contributed by atoms with Gasteiger partial charge in [-0.15, -0.1) is 10.2 Å². The molecule has 0 saturated heterocycles. The van der Waals surface area contributed by atoms with Gasteiger partial charge in [0.1, 0.15) is 11.6 Å². The van der Waals surface area contributed by atoms with Gasteiger partial charge in [-0.05, 0) is 25.8 Å². The lowest BCUT2D eigenvalue weighted by atomic mass is 10.1. The van der Waals surface area contributed by atoms with Crippen molar-refractivity contribution in [1.29, 1.82) is 0 Å². The van der Waals surface area contributed by atoms with Crippen LogP contribution in [-0.2, 0) is 0 Å². The van der Waals surface area contributed by atoms with E-state index in [9.17, 15) is 0 Å². The van der Waals surface area contributed by atoms with Crippen molar-refractivity contribution in [2.24, 2.45) is 11.7 Å². The van der Waals surface area contributed by atoms with Gasteiger partial charge in [0.15, 0.2) is 0 Å². The lowest BCUT2D eigenvalue weighted by Crippen LogP contribution is -2.27. The predicted octanol–water partition coefficient (Wildman–Crippen LogP) is 1.04. The zero-order chi connectivity index (χ0) is 9.10. The minimum Gasteiger partial charge on any atom is -0.465 e. The number of aromatic nitrogens is 2. The van der Waals surface area contributed by atoms with Gasteiger partial charge in [-0.1, -0.05) is 11.3 Å². The average molecular weight is 199 g/mol. The normalized spacial score (nSPS) is 27.8. The van der Waals surface area contributed by atoms with Crippen LogP contribution < -0.4 is 10.5 Å². The Hall–Kier alpha value is -0.680. The fourth-order valence-corrected chi connectivity index (χ4v) is 2.23. The minimum atomic E-state index is 0.262. The second kappa shape index (κ2) is 4.02. The molecule has 2 unspecified atom stereocenters. The summed E-state index contributed by atoms with van der Waals surface area (Å²) in [6.07, 6.45) is 3.75. The third-order valence-corrected chi connectivity index (χ3v) is 3.06. The van der Waals surface area contributed by atoms with E-state index in [1.54, 1.807) is 5.51 Å². The van der Waals surface area contributed by atoms with Crippen molar-refractivity contribution >= 4 is 11.3 Å². The highest BCUT2D eigenvalue weighted by molar-refractivity contribution is 7.11. The van der Waals surface area contributed by atoms with Crippen LogP contribution in [0.2, 0.25) is 0 Å². The number of nitrogens with two attached hydrogens (primary N) is 1. The van der Waals surface area contributed by atoms with E-state index in [1.165, 1.54) is 24.2 Å². The van der Waals surface area contributed by atoms with Crippen molar-refractivity contribution in [3.05, 3.63) is 5.51 Å². The summed E-state index contributed by atoms with van der Waals surface area (Å²) in [4.78, 5) is 0. The number of ether oxygens (including phenoxy) is 1. The van der Waals surface area contributed by atoms with Gasteiger partial charge < -0.3 is 10.5 Å². The Labute approximate surface area is 81.1 Å². The molecule has 1 aromatic rings. The SMILES string of the molecule is NCC1CCCC1Oc1nncs1. The maximum absolute atomic E-state index is 5.68. The molecule has 0 radical (unpaired) electrons. The van der Waals surface area contributed by atoms with Crippen LogP contribution in [0.25, 0.3) is 0 Å². The zero-order valence-corrected chi connectivity index (χ0v) is 8.17. The third kappa shape index (κ3) is 1.97. The molecular weight excluding hydrogens is 186 g/mol.